The molecule has 0 bridgehead atoms. The number of aryl methyl sites for hydroxylation is 2. The first-order valence-corrected chi connectivity index (χ1v) is 9.98. The quantitative estimate of drug-likeness (QED) is 0.813. The zero-order valence-corrected chi connectivity index (χ0v) is 14.3. The molecule has 1 N–H and O–H groups in total. The molecule has 3 heterocycles. The number of nitrogens with one attached hydrogen (secondary N) is 1. The molecule has 2 saturated heterocycles. The molecule has 2 aliphatic heterocycles. The van der Waals surface area contributed by atoms with Gasteiger partial charge in [0, 0.05) is 25.2 Å². The number of nitrogens with zero attached hydrogens (tertiary/aromatic N) is 3. The number of aromatic nitrogens is 2. The van der Waals surface area contributed by atoms with Gasteiger partial charge in [0.2, 0.25) is 5.91 Å². The van der Waals surface area contributed by atoms with Crippen LogP contribution in [-0.2, 0) is 21.2 Å². The number of carbonyl (C=O) groups is 1. The summed E-state index contributed by atoms with van der Waals surface area (Å²) in [6, 6.07) is -0.358. The molecule has 0 aromatic carbocycles. The summed E-state index contributed by atoms with van der Waals surface area (Å²) in [6.07, 6.45) is 6.17. The third kappa shape index (κ3) is 4.11. The first-order chi connectivity index (χ1) is 10.9. The van der Waals surface area contributed by atoms with Crippen molar-refractivity contribution in [1.29, 1.82) is 0 Å². The molecule has 2 fully saturated rings. The predicted molar refractivity (Wildman–Crippen MR) is 86.8 cm³/mol. The van der Waals surface area contributed by atoms with Crippen LogP contribution in [0.3, 0.4) is 0 Å². The van der Waals surface area contributed by atoms with Gasteiger partial charge in [0.1, 0.15) is 0 Å². The van der Waals surface area contributed by atoms with Gasteiger partial charge in [0.05, 0.1) is 23.7 Å². The number of amides is 1. The summed E-state index contributed by atoms with van der Waals surface area (Å²) < 4.78 is 25.7. The van der Waals surface area contributed by atoms with Gasteiger partial charge in [0.15, 0.2) is 9.84 Å². The monoisotopic (exact) mass is 340 g/mol. The smallest absolute Gasteiger partial charge is 0.222 e. The topological polar surface area (TPSA) is 84.3 Å². The Morgan fingerprint density at radius 3 is 2.74 bits per heavy atom. The van der Waals surface area contributed by atoms with Gasteiger partial charge in [-0.2, -0.15) is 5.10 Å². The molecule has 0 aliphatic carbocycles. The van der Waals surface area contributed by atoms with E-state index in [-0.39, 0.29) is 29.5 Å². The second-order valence-corrected chi connectivity index (χ2v) is 8.75. The highest BCUT2D eigenvalue weighted by Gasteiger charge is 2.42. The van der Waals surface area contributed by atoms with Crippen LogP contribution in [0.15, 0.2) is 12.4 Å². The molecule has 0 spiro atoms. The van der Waals surface area contributed by atoms with Crippen molar-refractivity contribution in [2.24, 2.45) is 0 Å². The van der Waals surface area contributed by atoms with E-state index in [4.69, 9.17) is 0 Å². The fourth-order valence-electron chi connectivity index (χ4n) is 3.48. The van der Waals surface area contributed by atoms with E-state index in [0.29, 0.717) is 13.0 Å². The number of likely N-dealkylation sites (tertiary alicyclic amines) is 1. The molecule has 8 heteroatoms. The van der Waals surface area contributed by atoms with Crippen LogP contribution < -0.4 is 5.32 Å². The number of hydrogen-bond acceptors (Lipinski definition) is 5. The molecular weight excluding hydrogens is 316 g/mol. The maximum atomic E-state index is 12.2. The highest BCUT2D eigenvalue weighted by Crippen LogP contribution is 2.22. The van der Waals surface area contributed by atoms with Crippen LogP contribution in [0, 0.1) is 6.92 Å². The molecule has 2 atom stereocenters. The van der Waals surface area contributed by atoms with Crippen LogP contribution in [0.4, 0.5) is 0 Å². The van der Waals surface area contributed by atoms with Crippen molar-refractivity contribution < 1.29 is 13.2 Å². The SMILES string of the molecule is Cc1cnn(CCC(=O)N[C@@H]2CS(=O)(=O)C[C@@H]2N2CCCC2)c1. The highest BCUT2D eigenvalue weighted by atomic mass is 32.2. The number of rotatable bonds is 5. The fourth-order valence-corrected chi connectivity index (χ4v) is 5.44. The van der Waals surface area contributed by atoms with E-state index >= 15 is 0 Å². The van der Waals surface area contributed by atoms with Crippen molar-refractivity contribution >= 4 is 15.7 Å². The number of sulfone groups is 1. The maximum Gasteiger partial charge on any atom is 0.222 e. The van der Waals surface area contributed by atoms with E-state index < -0.39 is 9.84 Å². The first-order valence-electron chi connectivity index (χ1n) is 8.16. The Morgan fingerprint density at radius 1 is 1.35 bits per heavy atom. The molecule has 2 aliphatic rings. The molecule has 128 valence electrons. The van der Waals surface area contributed by atoms with Crippen molar-refractivity contribution in [3.05, 3.63) is 18.0 Å². The van der Waals surface area contributed by atoms with E-state index in [2.05, 4.69) is 15.3 Å². The lowest BCUT2D eigenvalue weighted by Gasteiger charge is -2.28. The normalized spacial score (nSPS) is 27.3. The van der Waals surface area contributed by atoms with Gasteiger partial charge in [-0.1, -0.05) is 0 Å². The maximum absolute atomic E-state index is 12.2. The van der Waals surface area contributed by atoms with Crippen LogP contribution in [0.5, 0.6) is 0 Å². The Hall–Kier alpha value is -1.41. The van der Waals surface area contributed by atoms with Crippen LogP contribution in [0.2, 0.25) is 0 Å². The highest BCUT2D eigenvalue weighted by molar-refractivity contribution is 7.91. The second-order valence-electron chi connectivity index (χ2n) is 6.59. The predicted octanol–water partition coefficient (Wildman–Crippen LogP) is -0.0408. The summed E-state index contributed by atoms with van der Waals surface area (Å²) in [5, 5.41) is 7.09. The van der Waals surface area contributed by atoms with E-state index in [9.17, 15) is 13.2 Å². The minimum atomic E-state index is -3.07. The molecule has 1 aromatic heterocycles. The molecule has 7 nitrogen and oxygen atoms in total. The van der Waals surface area contributed by atoms with Crippen molar-refractivity contribution in [3.63, 3.8) is 0 Å². The fraction of sp³-hybridized carbons (Fsp3) is 0.733. The lowest BCUT2D eigenvalue weighted by molar-refractivity contribution is -0.122. The molecular formula is C15H24N4O3S. The molecule has 1 aromatic rings. The third-order valence-corrected chi connectivity index (χ3v) is 6.33. The molecule has 3 rings (SSSR count). The molecule has 23 heavy (non-hydrogen) atoms. The van der Waals surface area contributed by atoms with Gasteiger partial charge in [-0.15, -0.1) is 0 Å². The average molecular weight is 340 g/mol. The summed E-state index contributed by atoms with van der Waals surface area (Å²) >= 11 is 0. The van der Waals surface area contributed by atoms with Gasteiger partial charge >= 0.3 is 0 Å². The number of hydrogen-bond donors (Lipinski definition) is 1. The van der Waals surface area contributed by atoms with Gasteiger partial charge in [0.25, 0.3) is 0 Å². The van der Waals surface area contributed by atoms with E-state index in [1.807, 2.05) is 13.1 Å². The molecule has 1 amide bonds. The minimum Gasteiger partial charge on any atom is -0.351 e. The van der Waals surface area contributed by atoms with E-state index in [0.717, 1.165) is 31.5 Å². The summed E-state index contributed by atoms with van der Waals surface area (Å²) in [5.74, 6) is 0.112. The lowest BCUT2D eigenvalue weighted by Crippen LogP contribution is -2.50. The molecule has 0 radical (unpaired) electrons. The third-order valence-electron chi connectivity index (χ3n) is 4.61. The van der Waals surface area contributed by atoms with Crippen molar-refractivity contribution in [1.82, 2.24) is 20.0 Å². The van der Waals surface area contributed by atoms with Gasteiger partial charge in [-0.25, -0.2) is 8.42 Å². The standard InChI is InChI=1S/C15H24N4O3S/c1-12-8-16-19(9-12)7-4-15(20)17-13-10-23(21,22)11-14(13)18-5-2-3-6-18/h8-9,13-14H,2-7,10-11H2,1H3,(H,17,20)/t13-,14+/m1/s1. The Kier molecular flexibility index (Phi) is 4.72. The number of carbonyl (C=O) groups excluding carboxylic acids is 1. The Bertz CT molecular complexity index is 664. The molecule has 0 unspecified atom stereocenters. The van der Waals surface area contributed by atoms with Crippen LogP contribution in [-0.4, -0.2) is 65.7 Å². The van der Waals surface area contributed by atoms with Gasteiger partial charge < -0.3 is 5.32 Å². The summed E-state index contributed by atoms with van der Waals surface area (Å²) in [7, 11) is -3.07. The molecule has 0 saturated carbocycles. The van der Waals surface area contributed by atoms with E-state index in [1.54, 1.807) is 10.9 Å². The van der Waals surface area contributed by atoms with Crippen LogP contribution >= 0.6 is 0 Å². The second kappa shape index (κ2) is 6.60. The Morgan fingerprint density at radius 2 is 2.09 bits per heavy atom. The summed E-state index contributed by atoms with van der Waals surface area (Å²) in [4.78, 5) is 14.4. The zero-order chi connectivity index (χ0) is 16.4. The summed E-state index contributed by atoms with van der Waals surface area (Å²) in [6.45, 7) is 4.32. The minimum absolute atomic E-state index is 0.0563. The van der Waals surface area contributed by atoms with Crippen molar-refractivity contribution in [3.8, 4) is 0 Å². The summed E-state index contributed by atoms with van der Waals surface area (Å²) in [5.41, 5.74) is 1.06. The zero-order valence-electron chi connectivity index (χ0n) is 13.4. The van der Waals surface area contributed by atoms with Gasteiger partial charge in [-0.05, 0) is 38.4 Å². The van der Waals surface area contributed by atoms with Crippen molar-refractivity contribution in [2.75, 3.05) is 24.6 Å². The first kappa shape index (κ1) is 16.4. The van der Waals surface area contributed by atoms with Crippen LogP contribution in [0.1, 0.15) is 24.8 Å². The Labute approximate surface area is 137 Å². The Balaban J connectivity index is 1.57. The van der Waals surface area contributed by atoms with E-state index in [1.165, 1.54) is 0 Å². The largest absolute Gasteiger partial charge is 0.351 e. The average Bonchev–Trinajstić information content (AvgIpc) is 3.17. The lowest BCUT2D eigenvalue weighted by atomic mass is 10.1. The van der Waals surface area contributed by atoms with Crippen molar-refractivity contribution in [2.45, 2.75) is 44.8 Å². The van der Waals surface area contributed by atoms with Crippen LogP contribution in [0.25, 0.3) is 0 Å². The van der Waals surface area contributed by atoms with Gasteiger partial charge in [-0.3, -0.25) is 14.4 Å².